The summed E-state index contributed by atoms with van der Waals surface area (Å²) in [6, 6.07) is 0. The predicted octanol–water partition coefficient (Wildman–Crippen LogP) is 1.63. The van der Waals surface area contributed by atoms with E-state index in [9.17, 15) is 4.79 Å². The Morgan fingerprint density at radius 3 is 3.09 bits per heavy atom. The van der Waals surface area contributed by atoms with Crippen molar-refractivity contribution in [2.24, 2.45) is 0 Å². The van der Waals surface area contributed by atoms with Gasteiger partial charge >= 0.3 is 0 Å². The molecular weight excluding hydrogens is 206 g/mol. The molecule has 0 amide bonds. The molecule has 1 aliphatic carbocycles. The third-order valence-corrected chi connectivity index (χ3v) is 2.94. The molecule has 0 unspecified atom stereocenters. The number of pyridine rings is 1. The second-order valence-electron chi connectivity index (χ2n) is 2.79. The lowest BCUT2D eigenvalue weighted by atomic mass is 10.2. The summed E-state index contributed by atoms with van der Waals surface area (Å²) in [7, 11) is 0. The monoisotopic (exact) mass is 213 g/mol. The van der Waals surface area contributed by atoms with Gasteiger partial charge in [-0.1, -0.05) is 0 Å². The van der Waals surface area contributed by atoms with Crippen LogP contribution in [0.3, 0.4) is 0 Å². The topological polar surface area (TPSA) is 32.9 Å². The minimum atomic E-state index is -0.00866. The minimum absolute atomic E-state index is 0.00866. The molecule has 1 aromatic heterocycles. The van der Waals surface area contributed by atoms with Crippen LogP contribution in [-0.2, 0) is 12.8 Å². The number of rotatable bonds is 0. The smallest absolute Gasteiger partial charge is 0.262 e. The van der Waals surface area contributed by atoms with Gasteiger partial charge in [0.05, 0.1) is 4.47 Å². The number of hydrogen-bond donors (Lipinski definition) is 1. The van der Waals surface area contributed by atoms with Crippen molar-refractivity contribution in [2.75, 3.05) is 0 Å². The van der Waals surface area contributed by atoms with Gasteiger partial charge in [0.2, 0.25) is 0 Å². The van der Waals surface area contributed by atoms with Crippen molar-refractivity contribution in [3.8, 4) is 0 Å². The van der Waals surface area contributed by atoms with Crippen molar-refractivity contribution in [3.63, 3.8) is 0 Å². The van der Waals surface area contributed by atoms with Gasteiger partial charge in [0.15, 0.2) is 0 Å². The first-order valence-electron chi connectivity index (χ1n) is 3.68. The highest BCUT2D eigenvalue weighted by Crippen LogP contribution is 2.25. The first-order chi connectivity index (χ1) is 5.29. The molecule has 58 valence electrons. The number of fused-ring (bicyclic) bond motifs is 1. The van der Waals surface area contributed by atoms with E-state index in [2.05, 4.69) is 20.9 Å². The van der Waals surface area contributed by atoms with Crippen LogP contribution in [0.25, 0.3) is 0 Å². The van der Waals surface area contributed by atoms with Crippen LogP contribution in [-0.4, -0.2) is 4.98 Å². The molecule has 0 spiro atoms. The quantitative estimate of drug-likeness (QED) is 0.699. The van der Waals surface area contributed by atoms with E-state index in [1.54, 1.807) is 0 Å². The van der Waals surface area contributed by atoms with E-state index < -0.39 is 0 Å². The Morgan fingerprint density at radius 2 is 2.27 bits per heavy atom. The number of aromatic nitrogens is 1. The molecule has 0 atom stereocenters. The van der Waals surface area contributed by atoms with Crippen LogP contribution >= 0.6 is 15.9 Å². The van der Waals surface area contributed by atoms with Gasteiger partial charge in [0, 0.05) is 6.20 Å². The fraction of sp³-hybridized carbons (Fsp3) is 0.375. The Labute approximate surface area is 72.8 Å². The fourth-order valence-corrected chi connectivity index (χ4v) is 2.10. The molecule has 2 rings (SSSR count). The molecule has 0 saturated carbocycles. The van der Waals surface area contributed by atoms with Gasteiger partial charge in [-0.3, -0.25) is 4.79 Å². The summed E-state index contributed by atoms with van der Waals surface area (Å²) >= 11 is 3.29. The maximum atomic E-state index is 11.1. The number of H-pyrrole nitrogens is 1. The average Bonchev–Trinajstić information content (AvgIpc) is 2.45. The average molecular weight is 214 g/mol. The van der Waals surface area contributed by atoms with Gasteiger partial charge in [-0.2, -0.15) is 0 Å². The van der Waals surface area contributed by atoms with Crippen LogP contribution in [0.4, 0.5) is 0 Å². The Morgan fingerprint density at radius 1 is 1.45 bits per heavy atom. The molecule has 3 heteroatoms. The van der Waals surface area contributed by atoms with Gasteiger partial charge in [-0.25, -0.2) is 0 Å². The standard InChI is InChI=1S/C8H8BrNO/c9-7-6-3-1-2-5(6)4-10-8(7)11/h4H,1-3H2,(H,10,11). The van der Waals surface area contributed by atoms with Crippen molar-refractivity contribution in [1.29, 1.82) is 0 Å². The molecule has 0 fully saturated rings. The Kier molecular flexibility index (Phi) is 1.60. The first kappa shape index (κ1) is 7.10. The molecule has 0 aliphatic heterocycles. The van der Waals surface area contributed by atoms with Crippen molar-refractivity contribution in [1.82, 2.24) is 4.98 Å². The molecule has 0 saturated heterocycles. The van der Waals surface area contributed by atoms with Crippen LogP contribution < -0.4 is 5.56 Å². The largest absolute Gasteiger partial charge is 0.328 e. The summed E-state index contributed by atoms with van der Waals surface area (Å²) in [4.78, 5) is 13.8. The van der Waals surface area contributed by atoms with Crippen molar-refractivity contribution >= 4 is 15.9 Å². The molecular formula is C8H8BrNO. The lowest BCUT2D eigenvalue weighted by Gasteiger charge is -1.98. The van der Waals surface area contributed by atoms with E-state index >= 15 is 0 Å². The first-order valence-corrected chi connectivity index (χ1v) is 4.47. The molecule has 1 N–H and O–H groups in total. The second-order valence-corrected chi connectivity index (χ2v) is 3.58. The second kappa shape index (κ2) is 2.48. The number of aryl methyl sites for hydroxylation is 1. The van der Waals surface area contributed by atoms with E-state index in [1.807, 2.05) is 6.20 Å². The van der Waals surface area contributed by atoms with Crippen LogP contribution in [0.15, 0.2) is 15.5 Å². The van der Waals surface area contributed by atoms with E-state index in [0.717, 1.165) is 17.3 Å². The molecule has 1 aromatic rings. The van der Waals surface area contributed by atoms with Crippen LogP contribution in [0.2, 0.25) is 0 Å². The predicted molar refractivity (Wildman–Crippen MR) is 46.8 cm³/mol. The summed E-state index contributed by atoms with van der Waals surface area (Å²) in [5, 5.41) is 0. The van der Waals surface area contributed by atoms with E-state index in [4.69, 9.17) is 0 Å². The fourth-order valence-electron chi connectivity index (χ4n) is 1.53. The number of halogens is 1. The van der Waals surface area contributed by atoms with Crippen LogP contribution in [0.5, 0.6) is 0 Å². The molecule has 1 aliphatic rings. The number of nitrogens with one attached hydrogen (secondary N) is 1. The van der Waals surface area contributed by atoms with Crippen molar-refractivity contribution < 1.29 is 0 Å². The third kappa shape index (κ3) is 1.03. The minimum Gasteiger partial charge on any atom is -0.328 e. The highest BCUT2D eigenvalue weighted by atomic mass is 79.9. The highest BCUT2D eigenvalue weighted by Gasteiger charge is 2.15. The Balaban J connectivity index is 2.72. The van der Waals surface area contributed by atoms with Gasteiger partial charge in [-0.15, -0.1) is 0 Å². The maximum absolute atomic E-state index is 11.1. The Bertz CT molecular complexity index is 342. The zero-order chi connectivity index (χ0) is 7.84. The van der Waals surface area contributed by atoms with Crippen molar-refractivity contribution in [2.45, 2.75) is 19.3 Å². The molecule has 0 radical (unpaired) electrons. The summed E-state index contributed by atoms with van der Waals surface area (Å²) in [6.45, 7) is 0. The van der Waals surface area contributed by atoms with Gasteiger partial charge in [0.25, 0.3) is 5.56 Å². The summed E-state index contributed by atoms with van der Waals surface area (Å²) in [5.74, 6) is 0. The summed E-state index contributed by atoms with van der Waals surface area (Å²) in [5.41, 5.74) is 2.48. The summed E-state index contributed by atoms with van der Waals surface area (Å²) in [6.07, 6.45) is 5.14. The van der Waals surface area contributed by atoms with E-state index in [-0.39, 0.29) is 5.56 Å². The number of hydrogen-bond acceptors (Lipinski definition) is 1. The zero-order valence-electron chi connectivity index (χ0n) is 5.98. The van der Waals surface area contributed by atoms with Crippen molar-refractivity contribution in [3.05, 3.63) is 32.2 Å². The van der Waals surface area contributed by atoms with Gasteiger partial charge < -0.3 is 4.98 Å². The van der Waals surface area contributed by atoms with E-state index in [0.29, 0.717) is 0 Å². The maximum Gasteiger partial charge on any atom is 0.262 e. The van der Waals surface area contributed by atoms with Crippen LogP contribution in [0, 0.1) is 0 Å². The van der Waals surface area contributed by atoms with Crippen LogP contribution in [0.1, 0.15) is 17.5 Å². The normalized spacial score (nSPS) is 15.0. The van der Waals surface area contributed by atoms with Gasteiger partial charge in [-0.05, 0) is 46.3 Å². The summed E-state index contributed by atoms with van der Waals surface area (Å²) < 4.78 is 0.729. The molecule has 1 heterocycles. The van der Waals surface area contributed by atoms with Gasteiger partial charge in [0.1, 0.15) is 0 Å². The molecule has 0 bridgehead atoms. The molecule has 11 heavy (non-hydrogen) atoms. The Hall–Kier alpha value is -0.570. The third-order valence-electron chi connectivity index (χ3n) is 2.10. The highest BCUT2D eigenvalue weighted by molar-refractivity contribution is 9.10. The van der Waals surface area contributed by atoms with E-state index in [1.165, 1.54) is 17.5 Å². The molecule has 2 nitrogen and oxygen atoms in total. The SMILES string of the molecule is O=c1[nH]cc2c(c1Br)CCC2. The lowest BCUT2D eigenvalue weighted by molar-refractivity contribution is 0.910. The molecule has 0 aromatic carbocycles. The zero-order valence-corrected chi connectivity index (χ0v) is 7.57. The lowest BCUT2D eigenvalue weighted by Crippen LogP contribution is -2.08. The number of aromatic amines is 1.